The molecule has 0 bridgehead atoms. The summed E-state index contributed by atoms with van der Waals surface area (Å²) in [6.45, 7) is 0. The molecule has 0 saturated heterocycles. The van der Waals surface area contributed by atoms with Crippen LogP contribution >= 0.6 is 0 Å². The molecule has 0 aliphatic carbocycles. The number of benzene rings is 3. The summed E-state index contributed by atoms with van der Waals surface area (Å²) in [5.74, 6) is -0.0977. The Morgan fingerprint density at radius 3 is 1.61 bits per heavy atom. The molecule has 23 heavy (non-hydrogen) atoms. The molecule has 0 spiro atoms. The van der Waals surface area contributed by atoms with Gasteiger partial charge in [-0.25, -0.2) is 13.2 Å². The summed E-state index contributed by atoms with van der Waals surface area (Å²) in [5.41, 5.74) is 0. The SMILES string of the molecule is Fc1ccc([S+]2c3cc(F)ccc3Oc3ccc(F)cc32)cc1. The zero-order chi connectivity index (χ0) is 16.0. The third-order valence-corrected chi connectivity index (χ3v) is 5.78. The summed E-state index contributed by atoms with van der Waals surface area (Å²) in [6, 6.07) is 14.5. The van der Waals surface area contributed by atoms with Crippen LogP contribution in [0, 0.1) is 17.5 Å². The average molecular weight is 331 g/mol. The van der Waals surface area contributed by atoms with Crippen molar-refractivity contribution in [3.8, 4) is 11.5 Å². The van der Waals surface area contributed by atoms with Gasteiger partial charge in [0.1, 0.15) is 28.3 Å². The molecule has 1 nitrogen and oxygen atoms in total. The Kier molecular flexibility index (Phi) is 3.31. The van der Waals surface area contributed by atoms with Crippen LogP contribution < -0.4 is 4.74 Å². The fraction of sp³-hybridized carbons (Fsp3) is 0. The Morgan fingerprint density at radius 2 is 1.09 bits per heavy atom. The lowest BCUT2D eigenvalue weighted by Crippen LogP contribution is -2.13. The Balaban J connectivity index is 1.97. The van der Waals surface area contributed by atoms with Crippen molar-refractivity contribution < 1.29 is 17.9 Å². The molecule has 1 aliphatic heterocycles. The van der Waals surface area contributed by atoms with Crippen molar-refractivity contribution in [3.63, 3.8) is 0 Å². The molecule has 1 aliphatic rings. The predicted molar refractivity (Wildman–Crippen MR) is 81.4 cm³/mol. The van der Waals surface area contributed by atoms with Gasteiger partial charge in [0.25, 0.3) is 0 Å². The molecule has 0 saturated carbocycles. The fourth-order valence-corrected chi connectivity index (χ4v) is 4.75. The Morgan fingerprint density at radius 1 is 0.609 bits per heavy atom. The fourth-order valence-electron chi connectivity index (χ4n) is 2.51. The van der Waals surface area contributed by atoms with Crippen molar-refractivity contribution >= 4 is 10.9 Å². The molecular weight excluding hydrogens is 321 g/mol. The molecule has 1 heterocycles. The maximum atomic E-state index is 13.7. The van der Waals surface area contributed by atoms with E-state index in [0.29, 0.717) is 21.3 Å². The van der Waals surface area contributed by atoms with E-state index >= 15 is 0 Å². The second-order valence-corrected chi connectivity index (χ2v) is 7.01. The number of ether oxygens (including phenoxy) is 1. The molecule has 3 aromatic carbocycles. The predicted octanol–water partition coefficient (Wildman–Crippen LogP) is 5.31. The van der Waals surface area contributed by atoms with Crippen LogP contribution in [0.4, 0.5) is 13.2 Å². The molecule has 0 amide bonds. The first-order valence-corrected chi connectivity index (χ1v) is 8.11. The van der Waals surface area contributed by atoms with Gasteiger partial charge in [-0.2, -0.15) is 0 Å². The van der Waals surface area contributed by atoms with Crippen molar-refractivity contribution in [1.29, 1.82) is 0 Å². The highest BCUT2D eigenvalue weighted by molar-refractivity contribution is 7.97. The highest BCUT2D eigenvalue weighted by Crippen LogP contribution is 2.47. The molecule has 114 valence electrons. The lowest BCUT2D eigenvalue weighted by atomic mass is 10.3. The molecule has 0 aromatic heterocycles. The van der Waals surface area contributed by atoms with Crippen molar-refractivity contribution in [2.75, 3.05) is 0 Å². The quantitative estimate of drug-likeness (QED) is 0.430. The normalized spacial score (nSPS) is 13.2. The van der Waals surface area contributed by atoms with Gasteiger partial charge in [-0.05, 0) is 48.5 Å². The summed E-state index contributed by atoms with van der Waals surface area (Å²) in [6.07, 6.45) is 0. The van der Waals surface area contributed by atoms with Crippen LogP contribution in [-0.4, -0.2) is 0 Å². The number of halogens is 3. The summed E-state index contributed by atoms with van der Waals surface area (Å²) in [5, 5.41) is 0. The molecular formula is C18H10F3OS+. The molecule has 0 radical (unpaired) electrons. The van der Waals surface area contributed by atoms with Gasteiger partial charge in [0.05, 0.1) is 0 Å². The first-order chi connectivity index (χ1) is 11.1. The lowest BCUT2D eigenvalue weighted by Gasteiger charge is -2.19. The van der Waals surface area contributed by atoms with Crippen molar-refractivity contribution in [2.45, 2.75) is 14.7 Å². The van der Waals surface area contributed by atoms with Gasteiger partial charge >= 0.3 is 0 Å². The third-order valence-electron chi connectivity index (χ3n) is 3.52. The van der Waals surface area contributed by atoms with E-state index in [4.69, 9.17) is 4.74 Å². The zero-order valence-electron chi connectivity index (χ0n) is 11.7. The average Bonchev–Trinajstić information content (AvgIpc) is 2.54. The van der Waals surface area contributed by atoms with Crippen LogP contribution in [0.1, 0.15) is 0 Å². The monoisotopic (exact) mass is 331 g/mol. The van der Waals surface area contributed by atoms with E-state index in [-0.39, 0.29) is 5.82 Å². The smallest absolute Gasteiger partial charge is 0.212 e. The second-order valence-electron chi connectivity index (χ2n) is 5.04. The van der Waals surface area contributed by atoms with E-state index in [1.54, 1.807) is 24.3 Å². The first-order valence-electron chi connectivity index (χ1n) is 6.89. The van der Waals surface area contributed by atoms with E-state index in [9.17, 15) is 13.2 Å². The molecule has 0 atom stereocenters. The topological polar surface area (TPSA) is 9.23 Å². The minimum absolute atomic E-state index is 0.357. The standard InChI is InChI=1S/C18H10F3OS/c19-11-1-5-14(6-2-11)23-17-9-12(20)3-7-15(17)22-16-8-4-13(21)10-18(16)23/h1-10H/q+1. The summed E-state index contributed by atoms with van der Waals surface area (Å²) in [7, 11) is -0.758. The van der Waals surface area contributed by atoms with Crippen LogP contribution in [0.25, 0.3) is 0 Å². The molecule has 0 N–H and O–H groups in total. The van der Waals surface area contributed by atoms with Crippen molar-refractivity contribution in [1.82, 2.24) is 0 Å². The number of hydrogen-bond donors (Lipinski definition) is 0. The minimum Gasteiger partial charge on any atom is -0.447 e. The van der Waals surface area contributed by atoms with Gasteiger partial charge in [0.2, 0.25) is 9.79 Å². The Hall–Kier alpha value is -2.40. The summed E-state index contributed by atoms with van der Waals surface area (Å²) >= 11 is 0. The van der Waals surface area contributed by atoms with Gasteiger partial charge in [0.15, 0.2) is 16.4 Å². The van der Waals surface area contributed by atoms with Gasteiger partial charge in [-0.1, -0.05) is 0 Å². The summed E-state index contributed by atoms with van der Waals surface area (Å²) in [4.78, 5) is 2.01. The van der Waals surface area contributed by atoms with Crippen LogP contribution in [0.15, 0.2) is 75.4 Å². The largest absolute Gasteiger partial charge is 0.447 e. The van der Waals surface area contributed by atoms with E-state index in [2.05, 4.69) is 0 Å². The maximum Gasteiger partial charge on any atom is 0.212 e. The van der Waals surface area contributed by atoms with Gasteiger partial charge in [0, 0.05) is 12.1 Å². The number of fused-ring (bicyclic) bond motifs is 2. The van der Waals surface area contributed by atoms with Gasteiger partial charge < -0.3 is 4.74 Å². The lowest BCUT2D eigenvalue weighted by molar-refractivity contribution is 0.447. The zero-order valence-corrected chi connectivity index (χ0v) is 12.5. The van der Waals surface area contributed by atoms with Crippen LogP contribution in [0.3, 0.4) is 0 Å². The highest BCUT2D eigenvalue weighted by Gasteiger charge is 2.40. The molecule has 5 heteroatoms. The van der Waals surface area contributed by atoms with Crippen molar-refractivity contribution in [2.24, 2.45) is 0 Å². The van der Waals surface area contributed by atoms with E-state index in [1.807, 2.05) is 0 Å². The summed E-state index contributed by atoms with van der Waals surface area (Å²) < 4.78 is 46.4. The number of rotatable bonds is 1. The highest BCUT2D eigenvalue weighted by atomic mass is 32.2. The Bertz CT molecular complexity index is 842. The molecule has 4 rings (SSSR count). The van der Waals surface area contributed by atoms with Gasteiger partial charge in [-0.3, -0.25) is 0 Å². The van der Waals surface area contributed by atoms with Crippen LogP contribution in [-0.2, 0) is 10.9 Å². The third kappa shape index (κ3) is 2.47. The second kappa shape index (κ2) is 5.35. The first kappa shape index (κ1) is 14.2. The van der Waals surface area contributed by atoms with Gasteiger partial charge in [-0.15, -0.1) is 0 Å². The van der Waals surface area contributed by atoms with Crippen LogP contribution in [0.5, 0.6) is 11.5 Å². The van der Waals surface area contributed by atoms with E-state index < -0.39 is 22.5 Å². The molecule has 3 aromatic rings. The maximum absolute atomic E-state index is 13.7. The number of hydrogen-bond acceptors (Lipinski definition) is 1. The molecule has 0 unspecified atom stereocenters. The van der Waals surface area contributed by atoms with Crippen LogP contribution in [0.2, 0.25) is 0 Å². The minimum atomic E-state index is -0.758. The van der Waals surface area contributed by atoms with E-state index in [1.165, 1.54) is 36.4 Å². The van der Waals surface area contributed by atoms with E-state index in [0.717, 1.165) is 4.90 Å². The van der Waals surface area contributed by atoms with Crippen molar-refractivity contribution in [3.05, 3.63) is 78.1 Å². The molecule has 0 fully saturated rings. The Labute approximate surface area is 133 Å².